The Morgan fingerprint density at radius 1 is 0.903 bits per heavy atom. The SMILES string of the molecule is Cc1ccc(NS(=O)(=O)c2cccc(C(=O)N(C)Cc3ccc(N(C)C)cc3)c2)cc1. The predicted molar refractivity (Wildman–Crippen MR) is 125 cm³/mol. The Morgan fingerprint density at radius 3 is 2.16 bits per heavy atom. The van der Waals surface area contributed by atoms with Crippen molar-refractivity contribution < 1.29 is 13.2 Å². The Morgan fingerprint density at radius 2 is 1.55 bits per heavy atom. The van der Waals surface area contributed by atoms with Gasteiger partial charge in [-0.2, -0.15) is 0 Å². The topological polar surface area (TPSA) is 69.7 Å². The van der Waals surface area contributed by atoms with Crippen LogP contribution >= 0.6 is 0 Å². The lowest BCUT2D eigenvalue weighted by Gasteiger charge is -2.19. The fourth-order valence-corrected chi connectivity index (χ4v) is 4.20. The van der Waals surface area contributed by atoms with Crippen molar-refractivity contribution in [2.24, 2.45) is 0 Å². The van der Waals surface area contributed by atoms with E-state index in [2.05, 4.69) is 4.72 Å². The van der Waals surface area contributed by atoms with Gasteiger partial charge in [-0.05, 0) is 55.0 Å². The third kappa shape index (κ3) is 5.64. The molecular weight excluding hydrogens is 410 g/mol. The van der Waals surface area contributed by atoms with Crippen molar-refractivity contribution in [2.45, 2.75) is 18.4 Å². The van der Waals surface area contributed by atoms with E-state index in [-0.39, 0.29) is 10.8 Å². The number of aryl methyl sites for hydroxylation is 1. The third-order valence-electron chi connectivity index (χ3n) is 4.91. The monoisotopic (exact) mass is 437 g/mol. The van der Waals surface area contributed by atoms with E-state index < -0.39 is 10.0 Å². The zero-order valence-electron chi connectivity index (χ0n) is 18.2. The van der Waals surface area contributed by atoms with Crippen LogP contribution in [0.1, 0.15) is 21.5 Å². The molecule has 3 aromatic carbocycles. The first-order chi connectivity index (χ1) is 14.7. The van der Waals surface area contributed by atoms with E-state index in [0.717, 1.165) is 16.8 Å². The first-order valence-electron chi connectivity index (χ1n) is 9.87. The van der Waals surface area contributed by atoms with Gasteiger partial charge >= 0.3 is 0 Å². The molecule has 162 valence electrons. The molecule has 1 amide bonds. The second-order valence-corrected chi connectivity index (χ2v) is 9.40. The van der Waals surface area contributed by atoms with Crippen LogP contribution in [-0.2, 0) is 16.6 Å². The molecule has 0 unspecified atom stereocenters. The van der Waals surface area contributed by atoms with Crippen LogP contribution in [0.25, 0.3) is 0 Å². The fraction of sp³-hybridized carbons (Fsp3) is 0.208. The standard InChI is InChI=1S/C24H27N3O3S/c1-18-8-12-21(13-9-18)25-31(29,30)23-7-5-6-20(16-23)24(28)27(4)17-19-10-14-22(15-11-19)26(2)3/h5-16,25H,17H2,1-4H3. The number of benzene rings is 3. The van der Waals surface area contributed by atoms with Gasteiger partial charge in [0.15, 0.2) is 0 Å². The number of anilines is 2. The van der Waals surface area contributed by atoms with Crippen LogP contribution in [0.4, 0.5) is 11.4 Å². The molecule has 3 aromatic rings. The number of hydrogen-bond acceptors (Lipinski definition) is 4. The second kappa shape index (κ2) is 9.22. The van der Waals surface area contributed by atoms with Gasteiger partial charge in [0.05, 0.1) is 4.90 Å². The zero-order chi connectivity index (χ0) is 22.6. The molecule has 0 saturated heterocycles. The summed E-state index contributed by atoms with van der Waals surface area (Å²) >= 11 is 0. The van der Waals surface area contributed by atoms with Gasteiger partial charge in [-0.1, -0.05) is 35.9 Å². The van der Waals surface area contributed by atoms with Crippen molar-refractivity contribution >= 4 is 27.3 Å². The van der Waals surface area contributed by atoms with E-state index in [4.69, 9.17) is 0 Å². The van der Waals surface area contributed by atoms with Crippen LogP contribution in [-0.4, -0.2) is 40.4 Å². The van der Waals surface area contributed by atoms with Gasteiger partial charge in [0.1, 0.15) is 0 Å². The lowest BCUT2D eigenvalue weighted by molar-refractivity contribution is 0.0785. The Labute approximate surface area is 184 Å². The van der Waals surface area contributed by atoms with Gasteiger partial charge < -0.3 is 9.80 Å². The number of hydrogen-bond donors (Lipinski definition) is 1. The van der Waals surface area contributed by atoms with E-state index in [1.165, 1.54) is 12.1 Å². The lowest BCUT2D eigenvalue weighted by Crippen LogP contribution is -2.26. The minimum absolute atomic E-state index is 0.0441. The highest BCUT2D eigenvalue weighted by Crippen LogP contribution is 2.19. The van der Waals surface area contributed by atoms with Crippen molar-refractivity contribution in [1.82, 2.24) is 4.90 Å². The van der Waals surface area contributed by atoms with Gasteiger partial charge in [0.25, 0.3) is 15.9 Å². The highest BCUT2D eigenvalue weighted by molar-refractivity contribution is 7.92. The summed E-state index contributed by atoms with van der Waals surface area (Å²) in [4.78, 5) is 16.5. The summed E-state index contributed by atoms with van der Waals surface area (Å²) in [6.45, 7) is 2.35. The molecule has 0 aliphatic heterocycles. The summed E-state index contributed by atoms with van der Waals surface area (Å²) in [5.74, 6) is -0.246. The van der Waals surface area contributed by atoms with E-state index in [1.54, 1.807) is 36.2 Å². The number of nitrogens with zero attached hydrogens (tertiary/aromatic N) is 2. The molecule has 1 N–H and O–H groups in total. The molecule has 0 aliphatic carbocycles. The molecule has 0 aliphatic rings. The molecule has 0 spiro atoms. The summed E-state index contributed by atoms with van der Waals surface area (Å²) < 4.78 is 28.1. The maximum absolute atomic E-state index is 12.9. The van der Waals surface area contributed by atoms with E-state index in [1.807, 2.05) is 62.3 Å². The average Bonchev–Trinajstić information content (AvgIpc) is 2.75. The van der Waals surface area contributed by atoms with Crippen molar-refractivity contribution in [3.8, 4) is 0 Å². The zero-order valence-corrected chi connectivity index (χ0v) is 19.0. The minimum Gasteiger partial charge on any atom is -0.378 e. The van der Waals surface area contributed by atoms with Crippen LogP contribution in [0, 0.1) is 6.92 Å². The minimum atomic E-state index is -3.81. The number of sulfonamides is 1. The summed E-state index contributed by atoms with van der Waals surface area (Å²) in [5.41, 5.74) is 3.90. The van der Waals surface area contributed by atoms with E-state index in [9.17, 15) is 13.2 Å². The molecule has 0 atom stereocenters. The molecule has 0 fully saturated rings. The molecule has 0 bridgehead atoms. The maximum Gasteiger partial charge on any atom is 0.261 e. The summed E-state index contributed by atoms with van der Waals surface area (Å²) in [6, 6.07) is 21.1. The van der Waals surface area contributed by atoms with Crippen molar-refractivity contribution in [3.63, 3.8) is 0 Å². The summed E-state index contributed by atoms with van der Waals surface area (Å²) in [5, 5.41) is 0. The molecule has 6 nitrogen and oxygen atoms in total. The van der Waals surface area contributed by atoms with Gasteiger partial charge in [-0.3, -0.25) is 9.52 Å². The highest BCUT2D eigenvalue weighted by Gasteiger charge is 2.18. The van der Waals surface area contributed by atoms with Gasteiger partial charge in [-0.15, -0.1) is 0 Å². The first-order valence-corrected chi connectivity index (χ1v) is 11.4. The van der Waals surface area contributed by atoms with Gasteiger partial charge in [0, 0.05) is 44.6 Å². The molecule has 0 saturated carbocycles. The molecule has 0 aromatic heterocycles. The lowest BCUT2D eigenvalue weighted by atomic mass is 10.1. The van der Waals surface area contributed by atoms with Gasteiger partial charge in [-0.25, -0.2) is 8.42 Å². The summed E-state index contributed by atoms with van der Waals surface area (Å²) in [7, 11) is 1.84. The smallest absolute Gasteiger partial charge is 0.261 e. The van der Waals surface area contributed by atoms with Crippen LogP contribution in [0.3, 0.4) is 0 Å². The van der Waals surface area contributed by atoms with Gasteiger partial charge in [0.2, 0.25) is 0 Å². The van der Waals surface area contributed by atoms with Crippen LogP contribution in [0.5, 0.6) is 0 Å². The number of rotatable bonds is 7. The molecule has 3 rings (SSSR count). The number of carbonyl (C=O) groups is 1. The highest BCUT2D eigenvalue weighted by atomic mass is 32.2. The predicted octanol–water partition coefficient (Wildman–Crippen LogP) is 4.13. The first kappa shape index (κ1) is 22.4. The Balaban J connectivity index is 1.74. The van der Waals surface area contributed by atoms with Crippen LogP contribution < -0.4 is 9.62 Å². The van der Waals surface area contributed by atoms with E-state index in [0.29, 0.717) is 17.8 Å². The largest absolute Gasteiger partial charge is 0.378 e. The number of carbonyl (C=O) groups excluding carboxylic acids is 1. The quantitative estimate of drug-likeness (QED) is 0.603. The van der Waals surface area contributed by atoms with Crippen LogP contribution in [0.15, 0.2) is 77.7 Å². The average molecular weight is 438 g/mol. The number of nitrogens with one attached hydrogen (secondary N) is 1. The maximum atomic E-state index is 12.9. The normalized spacial score (nSPS) is 11.1. The molecule has 0 heterocycles. The molecular formula is C24H27N3O3S. The fourth-order valence-electron chi connectivity index (χ4n) is 3.10. The van der Waals surface area contributed by atoms with Crippen molar-refractivity contribution in [1.29, 1.82) is 0 Å². The number of amides is 1. The third-order valence-corrected chi connectivity index (χ3v) is 6.29. The summed E-state index contributed by atoms with van der Waals surface area (Å²) in [6.07, 6.45) is 0. The Hall–Kier alpha value is -3.32. The molecule has 7 heteroatoms. The Bertz CT molecular complexity index is 1160. The van der Waals surface area contributed by atoms with Crippen LogP contribution in [0.2, 0.25) is 0 Å². The molecule has 31 heavy (non-hydrogen) atoms. The van der Waals surface area contributed by atoms with Crippen molar-refractivity contribution in [2.75, 3.05) is 30.8 Å². The molecule has 0 radical (unpaired) electrons. The van der Waals surface area contributed by atoms with Crippen molar-refractivity contribution in [3.05, 3.63) is 89.5 Å². The second-order valence-electron chi connectivity index (χ2n) is 7.72. The Kier molecular flexibility index (Phi) is 6.65. The van der Waals surface area contributed by atoms with E-state index >= 15 is 0 Å².